The highest BCUT2D eigenvalue weighted by molar-refractivity contribution is 7.92. The average molecular weight is 417 g/mol. The lowest BCUT2D eigenvalue weighted by Gasteiger charge is -2.33. The fraction of sp³-hybridized carbons (Fsp3) is 0.350. The summed E-state index contributed by atoms with van der Waals surface area (Å²) in [5, 5.41) is 11.2. The Labute approximate surface area is 169 Å². The number of carbonyl (C=O) groups excluding carboxylic acids is 1. The van der Waals surface area contributed by atoms with Gasteiger partial charge >= 0.3 is 0 Å². The van der Waals surface area contributed by atoms with Gasteiger partial charge in [-0.25, -0.2) is 8.42 Å². The first kappa shape index (κ1) is 20.8. The number of aryl methyl sites for hydroxylation is 1. The SMILES string of the molecule is CC[C@H](C(=O)N1CCc2ccccc21)N(c1cc([N+](=O)[O-])ccc1C)S(C)(=O)=O. The average Bonchev–Trinajstić information content (AvgIpc) is 3.09. The van der Waals surface area contributed by atoms with E-state index in [0.29, 0.717) is 18.5 Å². The molecule has 1 aliphatic rings. The van der Waals surface area contributed by atoms with Crippen molar-refractivity contribution in [2.45, 2.75) is 32.7 Å². The van der Waals surface area contributed by atoms with Crippen molar-refractivity contribution in [3.8, 4) is 0 Å². The number of non-ortho nitro benzene ring substituents is 1. The summed E-state index contributed by atoms with van der Waals surface area (Å²) < 4.78 is 26.5. The highest BCUT2D eigenvalue weighted by Gasteiger charge is 2.37. The first-order valence-electron chi connectivity index (χ1n) is 9.29. The third kappa shape index (κ3) is 3.95. The van der Waals surface area contributed by atoms with Crippen LogP contribution in [0.2, 0.25) is 0 Å². The number of fused-ring (bicyclic) bond motifs is 1. The van der Waals surface area contributed by atoms with E-state index in [-0.39, 0.29) is 23.7 Å². The van der Waals surface area contributed by atoms with E-state index in [9.17, 15) is 23.3 Å². The standard InChI is InChI=1S/C20H23N3O5S/c1-4-17(20(24)21-12-11-15-7-5-6-8-18(15)21)22(29(3,27)28)19-13-16(23(25)26)10-9-14(19)2/h5-10,13,17H,4,11-12H2,1-3H3/t17-/m1/s1. The molecule has 0 saturated carbocycles. The predicted octanol–water partition coefficient (Wildman–Crippen LogP) is 3.04. The zero-order chi connectivity index (χ0) is 21.3. The fourth-order valence-electron chi connectivity index (χ4n) is 3.71. The Kier molecular flexibility index (Phi) is 5.61. The molecule has 0 N–H and O–H groups in total. The first-order chi connectivity index (χ1) is 13.6. The Bertz CT molecular complexity index is 1070. The van der Waals surface area contributed by atoms with Crippen LogP contribution < -0.4 is 9.21 Å². The fourth-order valence-corrected chi connectivity index (χ4v) is 4.97. The van der Waals surface area contributed by atoms with E-state index < -0.39 is 21.0 Å². The molecule has 2 aromatic rings. The molecule has 3 rings (SSSR count). The number of nitro groups is 1. The second-order valence-corrected chi connectivity index (χ2v) is 8.94. The van der Waals surface area contributed by atoms with E-state index in [4.69, 9.17) is 0 Å². The zero-order valence-electron chi connectivity index (χ0n) is 16.5. The Balaban J connectivity index is 2.08. The zero-order valence-corrected chi connectivity index (χ0v) is 17.3. The summed E-state index contributed by atoms with van der Waals surface area (Å²) in [7, 11) is -3.88. The minimum atomic E-state index is -3.88. The number of carbonyl (C=O) groups is 1. The molecular formula is C20H23N3O5S. The van der Waals surface area contributed by atoms with Gasteiger partial charge in [0.05, 0.1) is 16.9 Å². The van der Waals surface area contributed by atoms with Gasteiger partial charge in [-0.2, -0.15) is 0 Å². The summed E-state index contributed by atoms with van der Waals surface area (Å²) in [6, 6.07) is 10.6. The Hall–Kier alpha value is -2.94. The van der Waals surface area contributed by atoms with Crippen molar-refractivity contribution in [1.29, 1.82) is 0 Å². The van der Waals surface area contributed by atoms with Crippen LogP contribution in [0.1, 0.15) is 24.5 Å². The van der Waals surface area contributed by atoms with Crippen molar-refractivity contribution in [2.75, 3.05) is 22.0 Å². The van der Waals surface area contributed by atoms with Crippen LogP contribution in [-0.4, -0.2) is 38.1 Å². The number of rotatable bonds is 6. The van der Waals surface area contributed by atoms with E-state index >= 15 is 0 Å². The minimum Gasteiger partial charge on any atom is -0.310 e. The maximum atomic E-state index is 13.4. The maximum absolute atomic E-state index is 13.4. The molecular weight excluding hydrogens is 394 g/mol. The van der Waals surface area contributed by atoms with Crippen molar-refractivity contribution < 1.29 is 18.1 Å². The molecule has 0 aromatic heterocycles. The molecule has 29 heavy (non-hydrogen) atoms. The van der Waals surface area contributed by atoms with Gasteiger partial charge in [-0.3, -0.25) is 19.2 Å². The largest absolute Gasteiger partial charge is 0.310 e. The highest BCUT2D eigenvalue weighted by atomic mass is 32.2. The normalized spacial score (nSPS) is 14.4. The van der Waals surface area contributed by atoms with Crippen LogP contribution in [0.3, 0.4) is 0 Å². The van der Waals surface area contributed by atoms with Crippen molar-refractivity contribution >= 4 is 33.0 Å². The number of nitro benzene ring substituents is 1. The molecule has 9 heteroatoms. The van der Waals surface area contributed by atoms with Crippen molar-refractivity contribution in [3.05, 3.63) is 63.7 Å². The van der Waals surface area contributed by atoms with Gasteiger partial charge in [0.1, 0.15) is 6.04 Å². The minimum absolute atomic E-state index is 0.148. The molecule has 0 unspecified atom stereocenters. The van der Waals surface area contributed by atoms with Gasteiger partial charge in [-0.05, 0) is 37.0 Å². The summed E-state index contributed by atoms with van der Waals surface area (Å²) in [5.41, 5.74) is 2.27. The van der Waals surface area contributed by atoms with Crippen LogP contribution in [0.5, 0.6) is 0 Å². The number of sulfonamides is 1. The van der Waals surface area contributed by atoms with E-state index in [2.05, 4.69) is 0 Å². The van der Waals surface area contributed by atoms with Gasteiger partial charge in [0.25, 0.3) is 11.6 Å². The van der Waals surface area contributed by atoms with Crippen LogP contribution >= 0.6 is 0 Å². The van der Waals surface area contributed by atoms with Gasteiger partial charge in [-0.1, -0.05) is 31.2 Å². The van der Waals surface area contributed by atoms with Gasteiger partial charge in [0.2, 0.25) is 10.0 Å². The topological polar surface area (TPSA) is 101 Å². The van der Waals surface area contributed by atoms with Gasteiger partial charge < -0.3 is 4.90 Å². The van der Waals surface area contributed by atoms with Crippen molar-refractivity contribution in [3.63, 3.8) is 0 Å². The summed E-state index contributed by atoms with van der Waals surface area (Å²) in [6.07, 6.45) is 1.94. The quantitative estimate of drug-likeness (QED) is 0.531. The molecule has 8 nitrogen and oxygen atoms in total. The molecule has 0 bridgehead atoms. The Morgan fingerprint density at radius 2 is 1.97 bits per heavy atom. The van der Waals surface area contributed by atoms with Crippen LogP contribution in [0.15, 0.2) is 42.5 Å². The molecule has 154 valence electrons. The molecule has 0 aliphatic carbocycles. The molecule has 0 spiro atoms. The number of para-hydroxylation sites is 1. The summed E-state index contributed by atoms with van der Waals surface area (Å²) in [4.78, 5) is 25.7. The number of hydrogen-bond acceptors (Lipinski definition) is 5. The smallest absolute Gasteiger partial charge is 0.271 e. The number of benzene rings is 2. The van der Waals surface area contributed by atoms with Crippen molar-refractivity contribution in [1.82, 2.24) is 0 Å². The number of nitrogens with zero attached hydrogens (tertiary/aromatic N) is 3. The highest BCUT2D eigenvalue weighted by Crippen LogP contribution is 2.33. The number of hydrogen-bond donors (Lipinski definition) is 0. The maximum Gasteiger partial charge on any atom is 0.271 e. The molecule has 1 heterocycles. The summed E-state index contributed by atoms with van der Waals surface area (Å²) in [5.74, 6) is -0.339. The summed E-state index contributed by atoms with van der Waals surface area (Å²) >= 11 is 0. The Morgan fingerprint density at radius 1 is 1.28 bits per heavy atom. The molecule has 1 amide bonds. The number of amides is 1. The molecule has 0 fully saturated rings. The van der Waals surface area contributed by atoms with Crippen LogP contribution in [0.4, 0.5) is 17.1 Å². The molecule has 0 saturated heterocycles. The first-order valence-corrected chi connectivity index (χ1v) is 11.1. The second-order valence-electron chi connectivity index (χ2n) is 7.08. The van der Waals surface area contributed by atoms with E-state index in [1.807, 2.05) is 24.3 Å². The number of anilines is 2. The lowest BCUT2D eigenvalue weighted by molar-refractivity contribution is -0.384. The van der Waals surface area contributed by atoms with Gasteiger partial charge in [-0.15, -0.1) is 0 Å². The third-order valence-electron chi connectivity index (χ3n) is 5.11. The molecule has 0 radical (unpaired) electrons. The van der Waals surface area contributed by atoms with E-state index in [0.717, 1.165) is 21.8 Å². The lowest BCUT2D eigenvalue weighted by Crippen LogP contribution is -2.50. The summed E-state index contributed by atoms with van der Waals surface area (Å²) in [6.45, 7) is 3.87. The second kappa shape index (κ2) is 7.82. The molecule has 1 aliphatic heterocycles. The van der Waals surface area contributed by atoms with E-state index in [1.165, 1.54) is 18.2 Å². The van der Waals surface area contributed by atoms with Gasteiger partial charge in [0, 0.05) is 24.4 Å². The third-order valence-corrected chi connectivity index (χ3v) is 6.27. The molecule has 2 aromatic carbocycles. The molecule has 1 atom stereocenters. The van der Waals surface area contributed by atoms with Gasteiger partial charge in [0.15, 0.2) is 0 Å². The monoisotopic (exact) mass is 417 g/mol. The van der Waals surface area contributed by atoms with Crippen LogP contribution in [-0.2, 0) is 21.2 Å². The predicted molar refractivity (Wildman–Crippen MR) is 112 cm³/mol. The van der Waals surface area contributed by atoms with Crippen LogP contribution in [0.25, 0.3) is 0 Å². The lowest BCUT2D eigenvalue weighted by atomic mass is 10.1. The van der Waals surface area contributed by atoms with E-state index in [1.54, 1.807) is 18.7 Å². The van der Waals surface area contributed by atoms with Crippen LogP contribution in [0, 0.1) is 17.0 Å². The van der Waals surface area contributed by atoms with Crippen molar-refractivity contribution in [2.24, 2.45) is 0 Å². The Morgan fingerprint density at radius 3 is 2.59 bits per heavy atom.